The van der Waals surface area contributed by atoms with Gasteiger partial charge in [-0.25, -0.2) is 4.79 Å². The van der Waals surface area contributed by atoms with E-state index in [4.69, 9.17) is 5.11 Å². The number of nitrogens with one attached hydrogen (secondary N) is 1. The molecule has 114 valence electrons. The first-order chi connectivity index (χ1) is 10.6. The number of H-pyrrole nitrogens is 1. The molecule has 8 heteroatoms. The Morgan fingerprint density at radius 2 is 1.82 bits per heavy atom. The monoisotopic (exact) mass is 301 g/mol. The molecule has 2 aliphatic heterocycles. The predicted molar refractivity (Wildman–Crippen MR) is 76.4 cm³/mol. The van der Waals surface area contributed by atoms with E-state index in [1.54, 1.807) is 18.2 Å². The van der Waals surface area contributed by atoms with Gasteiger partial charge in [-0.15, -0.1) is 5.10 Å². The number of amides is 2. The summed E-state index contributed by atoms with van der Waals surface area (Å²) < 4.78 is 0. The van der Waals surface area contributed by atoms with Crippen LogP contribution in [0, 0.1) is 11.8 Å². The molecule has 0 radical (unpaired) electrons. The molecule has 2 aliphatic rings. The van der Waals surface area contributed by atoms with Gasteiger partial charge in [0.2, 0.25) is 0 Å². The minimum Gasteiger partial charge on any atom is -0.465 e. The normalized spacial score (nSPS) is 24.0. The van der Waals surface area contributed by atoms with E-state index in [2.05, 4.69) is 15.4 Å². The van der Waals surface area contributed by atoms with E-state index in [0.717, 1.165) is 5.52 Å². The minimum absolute atomic E-state index is 0.0267. The summed E-state index contributed by atoms with van der Waals surface area (Å²) in [6, 6.07) is 5.30. The van der Waals surface area contributed by atoms with Gasteiger partial charge in [-0.05, 0) is 18.2 Å². The molecule has 1 aromatic carbocycles. The molecule has 0 bridgehead atoms. The van der Waals surface area contributed by atoms with Crippen LogP contribution in [0.5, 0.6) is 0 Å². The van der Waals surface area contributed by atoms with Crippen LogP contribution in [0.25, 0.3) is 11.0 Å². The molecule has 2 saturated heterocycles. The topological polar surface area (TPSA) is 102 Å². The number of carbonyl (C=O) groups excluding carboxylic acids is 1. The second-order valence-electron chi connectivity index (χ2n) is 5.96. The van der Waals surface area contributed by atoms with Crippen LogP contribution in [-0.4, -0.2) is 68.5 Å². The van der Waals surface area contributed by atoms with Crippen LogP contribution in [0.4, 0.5) is 4.79 Å². The molecular weight excluding hydrogens is 286 g/mol. The molecule has 0 aliphatic carbocycles. The SMILES string of the molecule is O=C(O)N1C[C@@H]2CN(C(=O)c3ccc4[nH]nnc4c3)C[C@@H]2C1. The number of hydrogen-bond donors (Lipinski definition) is 2. The first-order valence-corrected chi connectivity index (χ1v) is 7.20. The summed E-state index contributed by atoms with van der Waals surface area (Å²) in [5.41, 5.74) is 2.06. The van der Waals surface area contributed by atoms with Gasteiger partial charge in [0, 0.05) is 43.6 Å². The zero-order valence-electron chi connectivity index (χ0n) is 11.8. The predicted octanol–water partition coefficient (Wildman–Crippen LogP) is 0.640. The van der Waals surface area contributed by atoms with Gasteiger partial charge in [-0.2, -0.15) is 0 Å². The Morgan fingerprint density at radius 1 is 1.14 bits per heavy atom. The fraction of sp³-hybridized carbons (Fsp3) is 0.429. The number of aromatic nitrogens is 3. The summed E-state index contributed by atoms with van der Waals surface area (Å²) in [5.74, 6) is 0.466. The number of nitrogens with zero attached hydrogens (tertiary/aromatic N) is 4. The number of carboxylic acid groups (broad SMARTS) is 1. The summed E-state index contributed by atoms with van der Waals surface area (Å²) in [6.07, 6.45) is -0.872. The molecule has 8 nitrogen and oxygen atoms in total. The van der Waals surface area contributed by atoms with Gasteiger partial charge in [-0.3, -0.25) is 9.89 Å². The molecule has 2 aromatic rings. The van der Waals surface area contributed by atoms with E-state index in [9.17, 15) is 9.59 Å². The first kappa shape index (κ1) is 13.1. The van der Waals surface area contributed by atoms with Gasteiger partial charge >= 0.3 is 6.09 Å². The number of carbonyl (C=O) groups is 2. The van der Waals surface area contributed by atoms with Gasteiger partial charge in [-0.1, -0.05) is 5.21 Å². The van der Waals surface area contributed by atoms with Gasteiger partial charge in [0.1, 0.15) is 5.52 Å². The van der Waals surface area contributed by atoms with Gasteiger partial charge in [0.25, 0.3) is 5.91 Å². The fourth-order valence-electron chi connectivity index (χ4n) is 3.47. The number of rotatable bonds is 1. The zero-order valence-corrected chi connectivity index (χ0v) is 11.8. The van der Waals surface area contributed by atoms with E-state index in [0.29, 0.717) is 37.3 Å². The quantitative estimate of drug-likeness (QED) is 0.804. The Labute approximate surface area is 125 Å². The Bertz CT molecular complexity index is 744. The van der Waals surface area contributed by atoms with Crippen molar-refractivity contribution in [2.24, 2.45) is 11.8 Å². The Hall–Kier alpha value is -2.64. The maximum absolute atomic E-state index is 12.6. The summed E-state index contributed by atoms with van der Waals surface area (Å²) in [5, 5.41) is 19.4. The number of hydrogen-bond acceptors (Lipinski definition) is 4. The zero-order chi connectivity index (χ0) is 15.3. The fourth-order valence-corrected chi connectivity index (χ4v) is 3.47. The van der Waals surface area contributed by atoms with Crippen molar-refractivity contribution in [3.8, 4) is 0 Å². The van der Waals surface area contributed by atoms with Gasteiger partial charge in [0.05, 0.1) is 5.52 Å². The molecule has 4 rings (SSSR count). The van der Waals surface area contributed by atoms with E-state index in [1.807, 2.05) is 4.90 Å². The summed E-state index contributed by atoms with van der Waals surface area (Å²) >= 11 is 0. The Kier molecular flexibility index (Phi) is 2.78. The van der Waals surface area contributed by atoms with Crippen molar-refractivity contribution in [3.63, 3.8) is 0 Å². The lowest BCUT2D eigenvalue weighted by Crippen LogP contribution is -2.35. The molecule has 2 fully saturated rings. The molecule has 2 amide bonds. The van der Waals surface area contributed by atoms with Crippen molar-refractivity contribution in [1.29, 1.82) is 0 Å². The molecule has 1 aromatic heterocycles. The number of aromatic amines is 1. The highest BCUT2D eigenvalue weighted by Gasteiger charge is 2.43. The lowest BCUT2D eigenvalue weighted by atomic mass is 10.0. The molecule has 3 heterocycles. The van der Waals surface area contributed by atoms with E-state index >= 15 is 0 Å². The Balaban J connectivity index is 1.50. The maximum Gasteiger partial charge on any atom is 0.407 e. The maximum atomic E-state index is 12.6. The number of likely N-dealkylation sites (tertiary alicyclic amines) is 2. The summed E-state index contributed by atoms with van der Waals surface area (Å²) in [7, 11) is 0. The van der Waals surface area contributed by atoms with Crippen molar-refractivity contribution in [2.45, 2.75) is 0 Å². The number of fused-ring (bicyclic) bond motifs is 2. The third kappa shape index (κ3) is 1.99. The van der Waals surface area contributed by atoms with Crippen LogP contribution in [-0.2, 0) is 0 Å². The molecule has 0 spiro atoms. The smallest absolute Gasteiger partial charge is 0.407 e. The molecule has 2 N–H and O–H groups in total. The highest BCUT2D eigenvalue weighted by Crippen LogP contribution is 2.32. The van der Waals surface area contributed by atoms with Crippen LogP contribution >= 0.6 is 0 Å². The van der Waals surface area contributed by atoms with E-state index in [1.165, 1.54) is 4.90 Å². The summed E-state index contributed by atoms with van der Waals surface area (Å²) in [4.78, 5) is 26.9. The minimum atomic E-state index is -0.872. The van der Waals surface area contributed by atoms with Crippen LogP contribution in [0.3, 0.4) is 0 Å². The van der Waals surface area contributed by atoms with Crippen molar-refractivity contribution in [2.75, 3.05) is 26.2 Å². The molecule has 2 atom stereocenters. The van der Waals surface area contributed by atoms with Crippen LogP contribution in [0.1, 0.15) is 10.4 Å². The standard InChI is InChI=1S/C14H15N5O3/c20-13(8-1-2-11-12(3-8)16-17-15-11)18-4-9-6-19(14(21)22)7-10(9)5-18/h1-3,9-10H,4-7H2,(H,21,22)(H,15,16,17)/t9-,10+. The van der Waals surface area contributed by atoms with Crippen LogP contribution in [0.15, 0.2) is 18.2 Å². The van der Waals surface area contributed by atoms with Gasteiger partial charge in [0.15, 0.2) is 0 Å². The van der Waals surface area contributed by atoms with Crippen LogP contribution in [0.2, 0.25) is 0 Å². The molecule has 0 unspecified atom stereocenters. The van der Waals surface area contributed by atoms with E-state index < -0.39 is 6.09 Å². The third-order valence-corrected chi connectivity index (χ3v) is 4.62. The van der Waals surface area contributed by atoms with Crippen molar-refractivity contribution < 1.29 is 14.7 Å². The lowest BCUT2D eigenvalue weighted by Gasteiger charge is -2.20. The average molecular weight is 301 g/mol. The highest BCUT2D eigenvalue weighted by molar-refractivity contribution is 5.97. The second-order valence-corrected chi connectivity index (χ2v) is 5.96. The highest BCUT2D eigenvalue weighted by atomic mass is 16.4. The molecular formula is C14H15N5O3. The third-order valence-electron chi connectivity index (χ3n) is 4.62. The second kappa shape index (κ2) is 4.69. The Morgan fingerprint density at radius 3 is 2.50 bits per heavy atom. The van der Waals surface area contributed by atoms with Crippen molar-refractivity contribution in [1.82, 2.24) is 25.2 Å². The van der Waals surface area contributed by atoms with E-state index in [-0.39, 0.29) is 17.7 Å². The van der Waals surface area contributed by atoms with Crippen molar-refractivity contribution in [3.05, 3.63) is 23.8 Å². The van der Waals surface area contributed by atoms with Crippen LogP contribution < -0.4 is 0 Å². The van der Waals surface area contributed by atoms with Crippen molar-refractivity contribution >= 4 is 23.0 Å². The van der Waals surface area contributed by atoms with Gasteiger partial charge < -0.3 is 14.9 Å². The molecule has 0 saturated carbocycles. The summed E-state index contributed by atoms with van der Waals surface area (Å²) in [6.45, 7) is 2.27. The number of benzene rings is 1. The lowest BCUT2D eigenvalue weighted by molar-refractivity contribution is 0.0774. The average Bonchev–Trinajstić information content (AvgIpc) is 3.18. The largest absolute Gasteiger partial charge is 0.465 e. The first-order valence-electron chi connectivity index (χ1n) is 7.20. The molecule has 22 heavy (non-hydrogen) atoms.